The second kappa shape index (κ2) is 4.09. The second-order valence-electron chi connectivity index (χ2n) is 1.56. The zero-order valence-electron chi connectivity index (χ0n) is 5.26. The average Bonchev–Trinajstić information content (AvgIpc) is 1.67. The fraction of sp³-hybridized carbons (Fsp3) is 1.00. The second-order valence-corrected chi connectivity index (χ2v) is 2.88. The van der Waals surface area contributed by atoms with E-state index in [9.17, 15) is 4.21 Å². The van der Waals surface area contributed by atoms with Gasteiger partial charge in [0.1, 0.15) is 0 Å². The van der Waals surface area contributed by atoms with Gasteiger partial charge >= 0.3 is 0 Å². The van der Waals surface area contributed by atoms with E-state index in [4.69, 9.17) is 7.98 Å². The SMILES string of the molecule is [B]N(CCC)S(C)=O. The molecule has 0 heterocycles. The van der Waals surface area contributed by atoms with Crippen molar-refractivity contribution in [2.24, 2.45) is 0 Å². The molecule has 0 aliphatic rings. The molecule has 0 aromatic heterocycles. The summed E-state index contributed by atoms with van der Waals surface area (Å²) < 4.78 is 11.8. The van der Waals surface area contributed by atoms with E-state index in [0.717, 1.165) is 6.42 Å². The molecule has 2 nitrogen and oxygen atoms in total. The maximum atomic E-state index is 10.4. The maximum Gasteiger partial charge on any atom is 0.203 e. The summed E-state index contributed by atoms with van der Waals surface area (Å²) in [6.45, 7) is 2.69. The maximum absolute atomic E-state index is 10.4. The molecule has 0 aromatic carbocycles. The van der Waals surface area contributed by atoms with Gasteiger partial charge in [0.25, 0.3) is 0 Å². The molecule has 0 amide bonds. The van der Waals surface area contributed by atoms with E-state index >= 15 is 0 Å². The molecule has 46 valence electrons. The molecule has 8 heavy (non-hydrogen) atoms. The largest absolute Gasteiger partial charge is 0.278 e. The van der Waals surface area contributed by atoms with E-state index in [-0.39, 0.29) is 0 Å². The van der Waals surface area contributed by atoms with Crippen molar-refractivity contribution in [3.05, 3.63) is 0 Å². The summed E-state index contributed by atoms with van der Waals surface area (Å²) in [5.74, 6) is 0. The minimum atomic E-state index is -0.999. The van der Waals surface area contributed by atoms with Crippen molar-refractivity contribution >= 4 is 19.0 Å². The van der Waals surface area contributed by atoms with Gasteiger partial charge in [0.15, 0.2) is 0 Å². The lowest BCUT2D eigenvalue weighted by molar-refractivity contribution is 0.617. The van der Waals surface area contributed by atoms with E-state index < -0.39 is 11.0 Å². The number of hydrogen-bond acceptors (Lipinski definition) is 1. The van der Waals surface area contributed by atoms with Crippen molar-refractivity contribution in [3.8, 4) is 0 Å². The summed E-state index contributed by atoms with van der Waals surface area (Å²) >= 11 is 0. The summed E-state index contributed by atoms with van der Waals surface area (Å²) in [6.07, 6.45) is 2.51. The Labute approximate surface area is 54.3 Å². The third-order valence-corrected chi connectivity index (χ3v) is 1.62. The van der Waals surface area contributed by atoms with Crippen LogP contribution in [0.15, 0.2) is 0 Å². The molecule has 0 saturated heterocycles. The molecule has 2 radical (unpaired) electrons. The third kappa shape index (κ3) is 3.21. The van der Waals surface area contributed by atoms with Gasteiger partial charge in [0.2, 0.25) is 7.98 Å². The number of nitrogens with zero attached hydrogens (tertiary/aromatic N) is 1. The fourth-order valence-electron chi connectivity index (χ4n) is 0.349. The van der Waals surface area contributed by atoms with E-state index in [2.05, 4.69) is 0 Å². The van der Waals surface area contributed by atoms with Crippen molar-refractivity contribution in [2.45, 2.75) is 13.3 Å². The Balaban J connectivity index is 3.32. The molecule has 0 aromatic rings. The predicted molar refractivity (Wildman–Crippen MR) is 36.8 cm³/mol. The fourth-order valence-corrected chi connectivity index (χ4v) is 0.789. The Bertz CT molecular complexity index is 88.1. The lowest BCUT2D eigenvalue weighted by atomic mass is 10.4. The van der Waals surface area contributed by atoms with E-state index in [1.165, 1.54) is 4.22 Å². The van der Waals surface area contributed by atoms with Crippen LogP contribution in [0.5, 0.6) is 0 Å². The van der Waals surface area contributed by atoms with Crippen LogP contribution in [0.1, 0.15) is 13.3 Å². The first-order valence-corrected chi connectivity index (χ1v) is 4.05. The standard InChI is InChI=1S/C4H10BNOS/c1-3-4-6(5)8(2)7/h3-4H2,1-2H3. The van der Waals surface area contributed by atoms with Crippen LogP contribution < -0.4 is 0 Å². The van der Waals surface area contributed by atoms with Crippen LogP contribution in [0.25, 0.3) is 0 Å². The zero-order valence-corrected chi connectivity index (χ0v) is 6.07. The van der Waals surface area contributed by atoms with Crippen molar-refractivity contribution in [1.29, 1.82) is 0 Å². The first kappa shape index (κ1) is 8.17. The van der Waals surface area contributed by atoms with Crippen LogP contribution >= 0.6 is 0 Å². The molecule has 0 spiro atoms. The average molecular weight is 131 g/mol. The Kier molecular flexibility index (Phi) is 4.18. The molecule has 0 aliphatic carbocycles. The predicted octanol–water partition coefficient (Wildman–Crippen LogP) is 0.0754. The zero-order chi connectivity index (χ0) is 6.57. The van der Waals surface area contributed by atoms with E-state index in [1.807, 2.05) is 6.92 Å². The molecule has 0 aliphatic heterocycles. The van der Waals surface area contributed by atoms with Gasteiger partial charge in [-0.3, -0.25) is 4.22 Å². The topological polar surface area (TPSA) is 20.3 Å². The van der Waals surface area contributed by atoms with Crippen LogP contribution in [0.2, 0.25) is 0 Å². The van der Waals surface area contributed by atoms with Crippen LogP contribution in [-0.4, -0.2) is 29.2 Å². The van der Waals surface area contributed by atoms with Gasteiger partial charge in [-0.25, -0.2) is 4.21 Å². The van der Waals surface area contributed by atoms with Crippen molar-refractivity contribution in [1.82, 2.24) is 4.22 Å². The van der Waals surface area contributed by atoms with E-state index in [1.54, 1.807) is 6.26 Å². The molecule has 1 atom stereocenters. The smallest absolute Gasteiger partial charge is 0.203 e. The minimum Gasteiger partial charge on any atom is -0.278 e. The molecule has 0 fully saturated rings. The number of rotatable bonds is 3. The van der Waals surface area contributed by atoms with Gasteiger partial charge in [-0.1, -0.05) is 6.92 Å². The van der Waals surface area contributed by atoms with Crippen LogP contribution in [0, 0.1) is 0 Å². The van der Waals surface area contributed by atoms with Gasteiger partial charge in [-0.2, -0.15) is 0 Å². The van der Waals surface area contributed by atoms with Gasteiger partial charge in [0.05, 0.1) is 11.0 Å². The monoisotopic (exact) mass is 131 g/mol. The Morgan fingerprint density at radius 3 is 2.38 bits per heavy atom. The highest BCUT2D eigenvalue weighted by molar-refractivity contribution is 7.82. The summed E-state index contributed by atoms with van der Waals surface area (Å²) in [6, 6.07) is 0. The molecular formula is C4H10BNOS. The molecular weight excluding hydrogens is 121 g/mol. The van der Waals surface area contributed by atoms with Gasteiger partial charge < -0.3 is 0 Å². The minimum absolute atomic E-state index is 0.698. The molecule has 0 N–H and O–H groups in total. The summed E-state index contributed by atoms with van der Waals surface area (Å²) in [5, 5.41) is 0. The quantitative estimate of drug-likeness (QED) is 0.496. The molecule has 1 unspecified atom stereocenters. The van der Waals surface area contributed by atoms with Gasteiger partial charge in [-0.15, -0.1) is 0 Å². The van der Waals surface area contributed by atoms with Crippen LogP contribution in [0.4, 0.5) is 0 Å². The highest BCUT2D eigenvalue weighted by atomic mass is 32.2. The van der Waals surface area contributed by atoms with Crippen molar-refractivity contribution in [3.63, 3.8) is 0 Å². The summed E-state index contributed by atoms with van der Waals surface area (Å²) in [7, 11) is 4.26. The Hall–Kier alpha value is 0.175. The molecule has 0 saturated carbocycles. The van der Waals surface area contributed by atoms with E-state index in [0.29, 0.717) is 6.54 Å². The normalized spacial score (nSPS) is 14.4. The van der Waals surface area contributed by atoms with Crippen molar-refractivity contribution in [2.75, 3.05) is 12.8 Å². The first-order valence-electron chi connectivity index (χ1n) is 2.54. The Morgan fingerprint density at radius 2 is 2.25 bits per heavy atom. The van der Waals surface area contributed by atoms with Crippen LogP contribution in [0.3, 0.4) is 0 Å². The number of hydrogen-bond donors (Lipinski definition) is 0. The van der Waals surface area contributed by atoms with Crippen LogP contribution in [-0.2, 0) is 11.0 Å². The third-order valence-electron chi connectivity index (χ3n) is 0.774. The summed E-state index contributed by atoms with van der Waals surface area (Å²) in [5.41, 5.74) is 0. The molecule has 0 rings (SSSR count). The highest BCUT2D eigenvalue weighted by Crippen LogP contribution is 1.86. The van der Waals surface area contributed by atoms with Gasteiger partial charge in [-0.05, 0) is 13.0 Å². The summed E-state index contributed by atoms with van der Waals surface area (Å²) in [4.78, 5) is 0. The molecule has 0 bridgehead atoms. The first-order chi connectivity index (χ1) is 3.68. The lowest BCUT2D eigenvalue weighted by Gasteiger charge is -2.10. The highest BCUT2D eigenvalue weighted by Gasteiger charge is 1.96. The Morgan fingerprint density at radius 1 is 1.75 bits per heavy atom. The molecule has 4 heteroatoms. The van der Waals surface area contributed by atoms with Crippen molar-refractivity contribution < 1.29 is 4.21 Å². The lowest BCUT2D eigenvalue weighted by Crippen LogP contribution is -2.22. The van der Waals surface area contributed by atoms with Gasteiger partial charge in [0, 0.05) is 6.26 Å².